The molecule has 0 radical (unpaired) electrons. The van der Waals surface area contributed by atoms with Gasteiger partial charge in [0.25, 0.3) is 0 Å². The van der Waals surface area contributed by atoms with Crippen LogP contribution < -0.4 is 5.32 Å². The molecule has 1 aliphatic heterocycles. The lowest BCUT2D eigenvalue weighted by atomic mass is 10.3. The predicted molar refractivity (Wildman–Crippen MR) is 99.4 cm³/mol. The van der Waals surface area contributed by atoms with E-state index >= 15 is 0 Å². The minimum Gasteiger partial charge on any atom is -0.385 e. The van der Waals surface area contributed by atoms with Gasteiger partial charge in [-0.1, -0.05) is 23.4 Å². The molecule has 0 unspecified atom stereocenters. The van der Waals surface area contributed by atoms with Crippen LogP contribution in [0.2, 0.25) is 5.02 Å². The van der Waals surface area contributed by atoms with E-state index in [1.807, 2.05) is 24.3 Å². The Morgan fingerprint density at radius 1 is 1.50 bits per heavy atom. The number of halogens is 1. The first kappa shape index (κ1) is 17.5. The van der Waals surface area contributed by atoms with Gasteiger partial charge in [0.15, 0.2) is 10.3 Å². The van der Waals surface area contributed by atoms with Crippen LogP contribution in [0.25, 0.3) is 0 Å². The first-order valence-corrected chi connectivity index (χ1v) is 8.92. The zero-order chi connectivity index (χ0) is 15.9. The van der Waals surface area contributed by atoms with Crippen LogP contribution >= 0.6 is 35.6 Å². The number of thioether (sulfide) groups is 1. The average molecular weight is 358 g/mol. The van der Waals surface area contributed by atoms with Crippen molar-refractivity contribution in [2.75, 3.05) is 26.0 Å². The highest BCUT2D eigenvalue weighted by Gasteiger charge is 2.29. The summed E-state index contributed by atoms with van der Waals surface area (Å²) in [5.74, 6) is 0.978. The third kappa shape index (κ3) is 4.84. The summed E-state index contributed by atoms with van der Waals surface area (Å²) in [6, 6.07) is 7.84. The monoisotopic (exact) mass is 357 g/mol. The maximum absolute atomic E-state index is 5.91. The zero-order valence-corrected chi connectivity index (χ0v) is 15.1. The molecule has 0 spiro atoms. The summed E-state index contributed by atoms with van der Waals surface area (Å²) in [4.78, 5) is 6.78. The fourth-order valence-corrected chi connectivity index (χ4v) is 3.70. The van der Waals surface area contributed by atoms with Crippen LogP contribution in [-0.2, 0) is 4.74 Å². The summed E-state index contributed by atoms with van der Waals surface area (Å²) in [6.07, 6.45) is 0.926. The van der Waals surface area contributed by atoms with Gasteiger partial charge in [0, 0.05) is 37.1 Å². The van der Waals surface area contributed by atoms with E-state index in [1.54, 1.807) is 18.9 Å². The summed E-state index contributed by atoms with van der Waals surface area (Å²) in [5, 5.41) is 5.64. The predicted octanol–water partition coefficient (Wildman–Crippen LogP) is 3.68. The minimum absolute atomic E-state index is 0.332. The molecule has 0 aromatic heterocycles. The summed E-state index contributed by atoms with van der Waals surface area (Å²) in [7, 11) is 1.70. The zero-order valence-electron chi connectivity index (χ0n) is 12.7. The fourth-order valence-electron chi connectivity index (χ4n) is 2.02. The molecular formula is C15H20ClN3OS2. The largest absolute Gasteiger partial charge is 0.385 e. The number of aliphatic imine (C=N–C) groups is 1. The van der Waals surface area contributed by atoms with Crippen molar-refractivity contribution in [3.63, 3.8) is 0 Å². The summed E-state index contributed by atoms with van der Waals surface area (Å²) in [6.45, 7) is 3.68. The van der Waals surface area contributed by atoms with E-state index in [-0.39, 0.29) is 0 Å². The molecule has 0 aliphatic carbocycles. The van der Waals surface area contributed by atoms with Crippen molar-refractivity contribution in [2.24, 2.45) is 4.99 Å². The van der Waals surface area contributed by atoms with E-state index in [1.165, 1.54) is 0 Å². The highest BCUT2D eigenvalue weighted by Crippen LogP contribution is 2.27. The highest BCUT2D eigenvalue weighted by molar-refractivity contribution is 8.14. The molecule has 0 saturated carbocycles. The number of hydrogen-bond acceptors (Lipinski definition) is 4. The van der Waals surface area contributed by atoms with Crippen LogP contribution in [0.3, 0.4) is 0 Å². The molecule has 1 fully saturated rings. The lowest BCUT2D eigenvalue weighted by molar-refractivity contribution is 0.195. The molecule has 4 nitrogen and oxygen atoms in total. The van der Waals surface area contributed by atoms with Gasteiger partial charge in [-0.25, -0.2) is 4.99 Å². The maximum Gasteiger partial charge on any atom is 0.175 e. The Kier molecular flexibility index (Phi) is 6.95. The van der Waals surface area contributed by atoms with Gasteiger partial charge in [-0.2, -0.15) is 0 Å². The van der Waals surface area contributed by atoms with E-state index in [0.717, 1.165) is 41.3 Å². The number of benzene rings is 1. The van der Waals surface area contributed by atoms with Crippen molar-refractivity contribution in [3.8, 4) is 0 Å². The third-order valence-electron chi connectivity index (χ3n) is 3.17. The van der Waals surface area contributed by atoms with Gasteiger partial charge in [0.1, 0.15) is 0 Å². The number of amidine groups is 1. The fraction of sp³-hybridized carbons (Fsp3) is 0.467. The van der Waals surface area contributed by atoms with Gasteiger partial charge in [-0.05, 0) is 49.8 Å². The third-order valence-corrected chi connectivity index (χ3v) is 4.96. The van der Waals surface area contributed by atoms with Crippen LogP contribution in [0, 0.1) is 0 Å². The Balaban J connectivity index is 2.03. The molecule has 0 amide bonds. The molecule has 1 aromatic rings. The van der Waals surface area contributed by atoms with Crippen molar-refractivity contribution < 1.29 is 4.74 Å². The SMILES string of the molecule is COCCCNC(=S)N1C(=Nc2ccc(Cl)cc2)SC[C@H]1C. The number of hydrogen-bond donors (Lipinski definition) is 1. The van der Waals surface area contributed by atoms with Crippen molar-refractivity contribution in [3.05, 3.63) is 29.3 Å². The Morgan fingerprint density at radius 3 is 2.91 bits per heavy atom. The van der Waals surface area contributed by atoms with E-state index < -0.39 is 0 Å². The van der Waals surface area contributed by atoms with Crippen LogP contribution in [0.4, 0.5) is 5.69 Å². The van der Waals surface area contributed by atoms with Crippen LogP contribution in [0.1, 0.15) is 13.3 Å². The molecule has 1 heterocycles. The van der Waals surface area contributed by atoms with E-state index in [9.17, 15) is 0 Å². The van der Waals surface area contributed by atoms with E-state index in [2.05, 4.69) is 17.1 Å². The van der Waals surface area contributed by atoms with Crippen LogP contribution in [0.15, 0.2) is 29.3 Å². The number of rotatable bonds is 5. The summed E-state index contributed by atoms with van der Waals surface area (Å²) in [5.41, 5.74) is 0.883. The van der Waals surface area contributed by atoms with Crippen molar-refractivity contribution in [2.45, 2.75) is 19.4 Å². The van der Waals surface area contributed by atoms with Crippen LogP contribution in [0.5, 0.6) is 0 Å². The lowest BCUT2D eigenvalue weighted by Gasteiger charge is -2.24. The van der Waals surface area contributed by atoms with Crippen molar-refractivity contribution in [1.82, 2.24) is 10.2 Å². The lowest BCUT2D eigenvalue weighted by Crippen LogP contribution is -2.44. The molecule has 1 atom stereocenters. The molecule has 1 N–H and O–H groups in total. The Morgan fingerprint density at radius 2 is 2.23 bits per heavy atom. The van der Waals surface area contributed by atoms with Crippen LogP contribution in [-0.4, -0.2) is 47.2 Å². The number of thiocarbonyl (C=S) groups is 1. The topological polar surface area (TPSA) is 36.9 Å². The van der Waals surface area contributed by atoms with Gasteiger partial charge in [0.2, 0.25) is 0 Å². The van der Waals surface area contributed by atoms with Gasteiger partial charge in [0.05, 0.1) is 5.69 Å². The Labute approximate surface area is 146 Å². The molecule has 7 heteroatoms. The Hall–Kier alpha value is -0.820. The molecular weight excluding hydrogens is 338 g/mol. The molecule has 1 aromatic carbocycles. The second kappa shape index (κ2) is 8.72. The van der Waals surface area contributed by atoms with Crippen molar-refractivity contribution >= 4 is 51.5 Å². The first-order chi connectivity index (χ1) is 10.6. The summed E-state index contributed by atoms with van der Waals surface area (Å²) < 4.78 is 5.04. The minimum atomic E-state index is 0.332. The smallest absolute Gasteiger partial charge is 0.175 e. The van der Waals surface area contributed by atoms with E-state index in [0.29, 0.717) is 11.1 Å². The standard InChI is InChI=1S/C15H20ClN3OS2/c1-11-10-22-15(18-13-6-4-12(16)5-7-13)19(11)14(21)17-8-3-9-20-2/h4-7,11H,3,8-10H2,1-2H3,(H,17,21)/t11-/m1/s1. The second-order valence-corrected chi connectivity index (χ2v) is 6.79. The van der Waals surface area contributed by atoms with Gasteiger partial charge >= 0.3 is 0 Å². The molecule has 2 rings (SSSR count). The first-order valence-electron chi connectivity index (χ1n) is 7.15. The summed E-state index contributed by atoms with van der Waals surface area (Å²) >= 11 is 13.1. The molecule has 0 bridgehead atoms. The second-order valence-electron chi connectivity index (χ2n) is 4.98. The average Bonchev–Trinajstić information content (AvgIpc) is 2.87. The number of nitrogens with zero attached hydrogens (tertiary/aromatic N) is 2. The number of nitrogens with one attached hydrogen (secondary N) is 1. The Bertz CT molecular complexity index is 536. The molecule has 1 aliphatic rings. The molecule has 120 valence electrons. The van der Waals surface area contributed by atoms with E-state index in [4.69, 9.17) is 33.5 Å². The van der Waals surface area contributed by atoms with Gasteiger partial charge in [-0.15, -0.1) is 0 Å². The number of methoxy groups -OCH3 is 1. The van der Waals surface area contributed by atoms with Crippen molar-refractivity contribution in [1.29, 1.82) is 0 Å². The highest BCUT2D eigenvalue weighted by atomic mass is 35.5. The van der Waals surface area contributed by atoms with Gasteiger partial charge in [-0.3, -0.25) is 4.90 Å². The quantitative estimate of drug-likeness (QED) is 0.642. The molecule has 1 saturated heterocycles. The number of ether oxygens (including phenoxy) is 1. The van der Waals surface area contributed by atoms with Gasteiger partial charge < -0.3 is 10.1 Å². The normalized spacial score (nSPS) is 19.7. The molecule has 22 heavy (non-hydrogen) atoms. The maximum atomic E-state index is 5.91.